The van der Waals surface area contributed by atoms with Crippen LogP contribution in [0.2, 0.25) is 0 Å². The van der Waals surface area contributed by atoms with Crippen LogP contribution in [0.25, 0.3) is 0 Å². The van der Waals surface area contributed by atoms with E-state index in [0.717, 1.165) is 23.8 Å². The fourth-order valence-electron chi connectivity index (χ4n) is 3.61. The Morgan fingerprint density at radius 1 is 0.895 bits per heavy atom. The summed E-state index contributed by atoms with van der Waals surface area (Å²) in [6.07, 6.45) is 11.5. The van der Waals surface area contributed by atoms with Gasteiger partial charge in [0.2, 0.25) is 0 Å². The van der Waals surface area contributed by atoms with Crippen molar-refractivity contribution in [3.05, 3.63) is 35.4 Å². The van der Waals surface area contributed by atoms with Crippen molar-refractivity contribution in [1.82, 2.24) is 0 Å². The highest BCUT2D eigenvalue weighted by molar-refractivity contribution is 5.27. The maximum atomic E-state index is 10.4. The van der Waals surface area contributed by atoms with Crippen LogP contribution in [0.1, 0.15) is 80.9 Å². The first kappa shape index (κ1) is 13.2. The lowest BCUT2D eigenvalue weighted by molar-refractivity contribution is 0.131. The van der Waals surface area contributed by atoms with Crippen molar-refractivity contribution >= 4 is 0 Å². The van der Waals surface area contributed by atoms with Gasteiger partial charge in [-0.05, 0) is 42.2 Å². The molecule has 0 heterocycles. The molecule has 2 aliphatic rings. The molecule has 1 aromatic carbocycles. The molecule has 1 atom stereocenters. The molecule has 0 radical (unpaired) electrons. The number of hydrogen-bond donors (Lipinski definition) is 1. The Kier molecular flexibility index (Phi) is 4.22. The first-order valence-corrected chi connectivity index (χ1v) is 8.11. The van der Waals surface area contributed by atoms with E-state index >= 15 is 0 Å². The third-order valence-electron chi connectivity index (χ3n) is 5.18. The minimum Gasteiger partial charge on any atom is -0.388 e. The second-order valence-electron chi connectivity index (χ2n) is 6.55. The summed E-state index contributed by atoms with van der Waals surface area (Å²) in [5.74, 6) is 1.54. The highest BCUT2D eigenvalue weighted by atomic mass is 16.3. The van der Waals surface area contributed by atoms with Gasteiger partial charge in [-0.2, -0.15) is 0 Å². The standard InChI is InChI=1S/C18H26O/c19-18(13-14-5-2-1-3-6-14)17-11-9-16(10-12-17)15-7-4-8-15/h9-12,14-15,18-19H,1-8,13H2. The zero-order valence-corrected chi connectivity index (χ0v) is 11.9. The highest BCUT2D eigenvalue weighted by Gasteiger charge is 2.21. The van der Waals surface area contributed by atoms with E-state index in [9.17, 15) is 5.11 Å². The molecule has 19 heavy (non-hydrogen) atoms. The summed E-state index contributed by atoms with van der Waals surface area (Å²) in [5.41, 5.74) is 2.59. The molecule has 0 aromatic heterocycles. The second-order valence-corrected chi connectivity index (χ2v) is 6.55. The number of rotatable bonds is 4. The third kappa shape index (κ3) is 3.20. The number of aliphatic hydroxyl groups is 1. The van der Waals surface area contributed by atoms with E-state index in [4.69, 9.17) is 0 Å². The summed E-state index contributed by atoms with van der Waals surface area (Å²) in [7, 11) is 0. The molecule has 0 spiro atoms. The fraction of sp³-hybridized carbons (Fsp3) is 0.667. The molecule has 0 aliphatic heterocycles. The molecule has 2 saturated carbocycles. The van der Waals surface area contributed by atoms with Crippen LogP contribution in [0.5, 0.6) is 0 Å². The average Bonchev–Trinajstić information content (AvgIpc) is 2.39. The van der Waals surface area contributed by atoms with Gasteiger partial charge in [-0.25, -0.2) is 0 Å². The van der Waals surface area contributed by atoms with Gasteiger partial charge in [0.05, 0.1) is 6.10 Å². The Balaban J connectivity index is 1.57. The largest absolute Gasteiger partial charge is 0.388 e. The van der Waals surface area contributed by atoms with Gasteiger partial charge in [0.1, 0.15) is 0 Å². The smallest absolute Gasteiger partial charge is 0.0792 e. The van der Waals surface area contributed by atoms with Crippen LogP contribution in [-0.2, 0) is 0 Å². The number of aliphatic hydroxyl groups excluding tert-OH is 1. The first-order chi connectivity index (χ1) is 9.33. The zero-order chi connectivity index (χ0) is 13.1. The van der Waals surface area contributed by atoms with Crippen molar-refractivity contribution in [2.75, 3.05) is 0 Å². The summed E-state index contributed by atoms with van der Waals surface area (Å²) in [5, 5.41) is 10.4. The highest BCUT2D eigenvalue weighted by Crippen LogP contribution is 2.37. The van der Waals surface area contributed by atoms with E-state index in [1.54, 1.807) is 0 Å². The van der Waals surface area contributed by atoms with Gasteiger partial charge in [0, 0.05) is 0 Å². The van der Waals surface area contributed by atoms with Crippen molar-refractivity contribution in [3.63, 3.8) is 0 Å². The molecule has 104 valence electrons. The lowest BCUT2D eigenvalue weighted by Gasteiger charge is -2.27. The predicted octanol–water partition coefficient (Wildman–Crippen LogP) is 4.96. The summed E-state index contributed by atoms with van der Waals surface area (Å²) < 4.78 is 0. The van der Waals surface area contributed by atoms with Crippen LogP contribution in [0, 0.1) is 5.92 Å². The van der Waals surface area contributed by atoms with Gasteiger partial charge in [0.15, 0.2) is 0 Å². The van der Waals surface area contributed by atoms with E-state index in [2.05, 4.69) is 24.3 Å². The summed E-state index contributed by atoms with van der Waals surface area (Å²) in [6, 6.07) is 8.79. The minimum absolute atomic E-state index is 0.251. The molecule has 0 bridgehead atoms. The predicted molar refractivity (Wildman–Crippen MR) is 79.2 cm³/mol. The van der Waals surface area contributed by atoms with Gasteiger partial charge in [0.25, 0.3) is 0 Å². The minimum atomic E-state index is -0.251. The van der Waals surface area contributed by atoms with E-state index in [1.807, 2.05) is 0 Å². The van der Waals surface area contributed by atoms with Gasteiger partial charge in [-0.3, -0.25) is 0 Å². The van der Waals surface area contributed by atoms with Crippen LogP contribution >= 0.6 is 0 Å². The Morgan fingerprint density at radius 3 is 2.16 bits per heavy atom. The number of benzene rings is 1. The normalized spacial score (nSPS) is 23.0. The van der Waals surface area contributed by atoms with E-state index in [-0.39, 0.29) is 6.10 Å². The topological polar surface area (TPSA) is 20.2 Å². The van der Waals surface area contributed by atoms with Crippen LogP contribution in [-0.4, -0.2) is 5.11 Å². The molecule has 1 nitrogen and oxygen atoms in total. The molecular formula is C18H26O. The Labute approximate surface area is 117 Å². The Morgan fingerprint density at radius 2 is 1.58 bits per heavy atom. The molecular weight excluding hydrogens is 232 g/mol. The SMILES string of the molecule is OC(CC1CCCCC1)c1ccc(C2CCC2)cc1. The number of hydrogen-bond acceptors (Lipinski definition) is 1. The Hall–Kier alpha value is -0.820. The zero-order valence-electron chi connectivity index (χ0n) is 11.9. The maximum Gasteiger partial charge on any atom is 0.0792 e. The van der Waals surface area contributed by atoms with Gasteiger partial charge in [-0.1, -0.05) is 62.8 Å². The van der Waals surface area contributed by atoms with E-state index in [1.165, 1.54) is 56.9 Å². The lowest BCUT2D eigenvalue weighted by atomic mass is 9.79. The second kappa shape index (κ2) is 6.09. The van der Waals surface area contributed by atoms with Crippen molar-refractivity contribution in [1.29, 1.82) is 0 Å². The quantitative estimate of drug-likeness (QED) is 0.809. The average molecular weight is 258 g/mol. The van der Waals surface area contributed by atoms with Gasteiger partial charge >= 0.3 is 0 Å². The molecule has 1 aromatic rings. The first-order valence-electron chi connectivity index (χ1n) is 8.11. The molecule has 2 aliphatic carbocycles. The molecule has 0 saturated heterocycles. The monoisotopic (exact) mass is 258 g/mol. The summed E-state index contributed by atoms with van der Waals surface area (Å²) in [6.45, 7) is 0. The van der Waals surface area contributed by atoms with E-state index in [0.29, 0.717) is 0 Å². The van der Waals surface area contributed by atoms with Crippen molar-refractivity contribution < 1.29 is 5.11 Å². The van der Waals surface area contributed by atoms with Crippen molar-refractivity contribution in [3.8, 4) is 0 Å². The van der Waals surface area contributed by atoms with Crippen LogP contribution < -0.4 is 0 Å². The maximum absolute atomic E-state index is 10.4. The molecule has 0 amide bonds. The molecule has 3 rings (SSSR count). The van der Waals surface area contributed by atoms with Crippen LogP contribution in [0.15, 0.2) is 24.3 Å². The van der Waals surface area contributed by atoms with Crippen molar-refractivity contribution in [2.45, 2.75) is 69.8 Å². The molecule has 1 heteroatoms. The summed E-state index contributed by atoms with van der Waals surface area (Å²) >= 11 is 0. The van der Waals surface area contributed by atoms with Gasteiger partial charge < -0.3 is 5.11 Å². The third-order valence-corrected chi connectivity index (χ3v) is 5.18. The lowest BCUT2D eigenvalue weighted by Crippen LogP contribution is -2.12. The van der Waals surface area contributed by atoms with E-state index < -0.39 is 0 Å². The molecule has 2 fully saturated rings. The molecule has 1 unspecified atom stereocenters. The van der Waals surface area contributed by atoms with Crippen LogP contribution in [0.4, 0.5) is 0 Å². The van der Waals surface area contributed by atoms with Crippen LogP contribution in [0.3, 0.4) is 0 Å². The van der Waals surface area contributed by atoms with Gasteiger partial charge in [-0.15, -0.1) is 0 Å². The Bertz CT molecular complexity index is 385. The fourth-order valence-corrected chi connectivity index (χ4v) is 3.61. The summed E-state index contributed by atoms with van der Waals surface area (Å²) in [4.78, 5) is 0. The molecule has 1 N–H and O–H groups in total. The van der Waals surface area contributed by atoms with Crippen molar-refractivity contribution in [2.24, 2.45) is 5.92 Å².